The first-order valence-electron chi connectivity index (χ1n) is 8.56. The van der Waals surface area contributed by atoms with Crippen molar-refractivity contribution in [3.8, 4) is 5.75 Å². The van der Waals surface area contributed by atoms with Crippen LogP contribution in [0.1, 0.15) is 16.1 Å². The minimum absolute atomic E-state index is 0.0298. The van der Waals surface area contributed by atoms with Crippen molar-refractivity contribution >= 4 is 23.2 Å². The van der Waals surface area contributed by atoms with Gasteiger partial charge in [0.2, 0.25) is 5.65 Å². The number of ether oxygens (including phenoxy) is 1. The molecule has 1 aromatic carbocycles. The quantitative estimate of drug-likeness (QED) is 0.721. The van der Waals surface area contributed by atoms with E-state index in [2.05, 4.69) is 14.9 Å². The van der Waals surface area contributed by atoms with Gasteiger partial charge in [-0.25, -0.2) is 4.98 Å². The summed E-state index contributed by atoms with van der Waals surface area (Å²) in [6, 6.07) is 11.5. The Morgan fingerprint density at radius 3 is 2.46 bits per heavy atom. The molecule has 0 N–H and O–H groups in total. The second-order valence-electron chi connectivity index (χ2n) is 6.28. The van der Waals surface area contributed by atoms with Crippen LogP contribution in [-0.4, -0.2) is 54.1 Å². The smallest absolute Gasteiger partial charge is 0.300 e. The van der Waals surface area contributed by atoms with E-state index in [-0.39, 0.29) is 5.91 Å². The van der Waals surface area contributed by atoms with Gasteiger partial charge >= 0.3 is 0 Å². The second-order valence-corrected chi connectivity index (χ2v) is 6.28. The van der Waals surface area contributed by atoms with Crippen LogP contribution in [0.5, 0.6) is 5.75 Å². The first kappa shape index (κ1) is 16.4. The molecule has 1 saturated heterocycles. The van der Waals surface area contributed by atoms with Crippen LogP contribution < -0.4 is 9.64 Å². The van der Waals surface area contributed by atoms with Crippen molar-refractivity contribution in [2.75, 3.05) is 38.2 Å². The summed E-state index contributed by atoms with van der Waals surface area (Å²) >= 11 is 0. The fourth-order valence-electron chi connectivity index (χ4n) is 3.05. The molecule has 7 heteroatoms. The number of anilines is 1. The average Bonchev–Trinajstić information content (AvgIpc) is 3.11. The van der Waals surface area contributed by atoms with Crippen LogP contribution in [0.25, 0.3) is 11.2 Å². The number of fused-ring (bicyclic) bond motifs is 1. The molecule has 1 aliphatic rings. The minimum Gasteiger partial charge on any atom is -0.497 e. The van der Waals surface area contributed by atoms with Crippen LogP contribution in [-0.2, 0) is 0 Å². The lowest BCUT2D eigenvalue weighted by molar-refractivity contribution is 0.0745. The number of hydrogen-bond acceptors (Lipinski definition) is 6. The predicted molar refractivity (Wildman–Crippen MR) is 97.7 cm³/mol. The Kier molecular flexibility index (Phi) is 4.20. The zero-order chi connectivity index (χ0) is 18.1. The van der Waals surface area contributed by atoms with Gasteiger partial charge in [-0.1, -0.05) is 0 Å². The fraction of sp³-hybridized carbons (Fsp3) is 0.316. The fourth-order valence-corrected chi connectivity index (χ4v) is 3.05. The second kappa shape index (κ2) is 6.67. The number of pyridine rings is 1. The lowest BCUT2D eigenvalue weighted by atomic mass is 10.1. The molecule has 1 fully saturated rings. The highest BCUT2D eigenvalue weighted by Gasteiger charge is 2.25. The molecule has 26 heavy (non-hydrogen) atoms. The summed E-state index contributed by atoms with van der Waals surface area (Å²) in [5.41, 5.74) is 2.88. The van der Waals surface area contributed by atoms with E-state index < -0.39 is 0 Å². The SMILES string of the molecule is COc1ccc(C(=O)N2CCN(c3nc4nc(C)ccc4o3)CC2)cc1. The monoisotopic (exact) mass is 352 g/mol. The maximum absolute atomic E-state index is 12.6. The molecule has 0 spiro atoms. The maximum atomic E-state index is 12.6. The Morgan fingerprint density at radius 2 is 1.77 bits per heavy atom. The maximum Gasteiger partial charge on any atom is 0.300 e. The average molecular weight is 352 g/mol. The number of amides is 1. The van der Waals surface area contributed by atoms with E-state index in [0.717, 1.165) is 11.4 Å². The molecule has 2 aromatic heterocycles. The minimum atomic E-state index is 0.0298. The standard InChI is InChI=1S/C19H20N4O3/c1-13-3-8-16-17(20-13)21-19(26-16)23-11-9-22(10-12-23)18(24)14-4-6-15(25-2)7-5-14/h3-8H,9-12H2,1-2H3. The van der Waals surface area contributed by atoms with Crippen molar-refractivity contribution in [3.63, 3.8) is 0 Å². The molecule has 4 rings (SSSR count). The zero-order valence-corrected chi connectivity index (χ0v) is 14.8. The number of oxazole rings is 1. The molecule has 3 aromatic rings. The topological polar surface area (TPSA) is 71.7 Å². The van der Waals surface area contributed by atoms with Gasteiger partial charge in [0.1, 0.15) is 5.75 Å². The third kappa shape index (κ3) is 3.08. The molecule has 0 aliphatic carbocycles. The van der Waals surface area contributed by atoms with Crippen LogP contribution in [0.4, 0.5) is 6.01 Å². The normalized spacial score (nSPS) is 14.7. The summed E-state index contributed by atoms with van der Waals surface area (Å²) in [6.07, 6.45) is 0. The number of aromatic nitrogens is 2. The van der Waals surface area contributed by atoms with Crippen LogP contribution in [0, 0.1) is 6.92 Å². The largest absolute Gasteiger partial charge is 0.497 e. The van der Waals surface area contributed by atoms with Crippen LogP contribution in [0.15, 0.2) is 40.8 Å². The number of carbonyl (C=O) groups excluding carboxylic acids is 1. The summed E-state index contributed by atoms with van der Waals surface area (Å²) in [5.74, 6) is 0.772. The summed E-state index contributed by atoms with van der Waals surface area (Å²) in [4.78, 5) is 25.4. The number of piperazine rings is 1. The van der Waals surface area contributed by atoms with E-state index in [1.165, 1.54) is 0 Å². The molecule has 1 amide bonds. The predicted octanol–water partition coefficient (Wildman–Crippen LogP) is 2.50. The van der Waals surface area contributed by atoms with Gasteiger partial charge < -0.3 is 19.0 Å². The number of hydrogen-bond donors (Lipinski definition) is 0. The molecule has 3 heterocycles. The van der Waals surface area contributed by atoms with Gasteiger partial charge in [0, 0.05) is 37.4 Å². The van der Waals surface area contributed by atoms with E-state index in [1.54, 1.807) is 31.4 Å². The van der Waals surface area contributed by atoms with Gasteiger partial charge in [0.15, 0.2) is 5.58 Å². The molecule has 0 saturated carbocycles. The van der Waals surface area contributed by atoms with E-state index in [9.17, 15) is 4.79 Å². The Morgan fingerprint density at radius 1 is 1.04 bits per heavy atom. The highest BCUT2D eigenvalue weighted by Crippen LogP contribution is 2.22. The highest BCUT2D eigenvalue weighted by molar-refractivity contribution is 5.94. The van der Waals surface area contributed by atoms with Crippen molar-refractivity contribution in [1.29, 1.82) is 0 Å². The lowest BCUT2D eigenvalue weighted by Crippen LogP contribution is -2.48. The van der Waals surface area contributed by atoms with Crippen LogP contribution in [0.2, 0.25) is 0 Å². The number of benzene rings is 1. The van der Waals surface area contributed by atoms with Gasteiger partial charge in [-0.15, -0.1) is 0 Å². The first-order chi connectivity index (χ1) is 12.6. The molecule has 0 unspecified atom stereocenters. The van der Waals surface area contributed by atoms with Gasteiger partial charge in [0.25, 0.3) is 11.9 Å². The Balaban J connectivity index is 1.43. The Hall–Kier alpha value is -3.09. The van der Waals surface area contributed by atoms with E-state index in [0.29, 0.717) is 49.0 Å². The van der Waals surface area contributed by atoms with Crippen molar-refractivity contribution in [3.05, 3.63) is 47.7 Å². The summed E-state index contributed by atoms with van der Waals surface area (Å²) < 4.78 is 10.9. The molecule has 0 atom stereocenters. The van der Waals surface area contributed by atoms with Crippen molar-refractivity contribution in [1.82, 2.24) is 14.9 Å². The van der Waals surface area contributed by atoms with Gasteiger partial charge in [-0.05, 0) is 43.3 Å². The van der Waals surface area contributed by atoms with E-state index in [4.69, 9.17) is 9.15 Å². The van der Waals surface area contributed by atoms with Crippen LogP contribution >= 0.6 is 0 Å². The molecule has 134 valence electrons. The van der Waals surface area contributed by atoms with Gasteiger partial charge in [-0.3, -0.25) is 4.79 Å². The third-order valence-electron chi connectivity index (χ3n) is 4.56. The third-order valence-corrected chi connectivity index (χ3v) is 4.56. The number of rotatable bonds is 3. The summed E-state index contributed by atoms with van der Waals surface area (Å²) in [7, 11) is 1.61. The summed E-state index contributed by atoms with van der Waals surface area (Å²) in [6.45, 7) is 4.52. The number of aryl methyl sites for hydroxylation is 1. The number of methoxy groups -OCH3 is 1. The lowest BCUT2D eigenvalue weighted by Gasteiger charge is -2.33. The molecular formula is C19H20N4O3. The highest BCUT2D eigenvalue weighted by atomic mass is 16.5. The molecular weight excluding hydrogens is 332 g/mol. The van der Waals surface area contributed by atoms with Crippen molar-refractivity contribution in [2.45, 2.75) is 6.92 Å². The van der Waals surface area contributed by atoms with E-state index in [1.807, 2.05) is 24.0 Å². The van der Waals surface area contributed by atoms with E-state index >= 15 is 0 Å². The van der Waals surface area contributed by atoms with Gasteiger partial charge in [0.05, 0.1) is 7.11 Å². The number of carbonyl (C=O) groups is 1. The van der Waals surface area contributed by atoms with Crippen molar-refractivity contribution < 1.29 is 13.9 Å². The first-order valence-corrected chi connectivity index (χ1v) is 8.56. The zero-order valence-electron chi connectivity index (χ0n) is 14.8. The van der Waals surface area contributed by atoms with Gasteiger partial charge in [-0.2, -0.15) is 4.98 Å². The summed E-state index contributed by atoms with van der Waals surface area (Å²) in [5, 5.41) is 0. The Labute approximate surface area is 151 Å². The van der Waals surface area contributed by atoms with Crippen molar-refractivity contribution in [2.24, 2.45) is 0 Å². The number of nitrogens with zero attached hydrogens (tertiary/aromatic N) is 4. The molecule has 1 aliphatic heterocycles. The Bertz CT molecular complexity index is 928. The van der Waals surface area contributed by atoms with Crippen LogP contribution in [0.3, 0.4) is 0 Å². The molecule has 0 bridgehead atoms. The molecule has 0 radical (unpaired) electrons. The molecule has 7 nitrogen and oxygen atoms in total.